The highest BCUT2D eigenvalue weighted by Gasteiger charge is 2.43. The number of aliphatic hydroxyl groups is 1. The molecule has 1 amide bonds. The quantitative estimate of drug-likeness (QED) is 0.585. The van der Waals surface area contributed by atoms with Crippen molar-refractivity contribution in [1.29, 1.82) is 0 Å². The minimum absolute atomic E-state index is 0.0210. The predicted octanol–water partition coefficient (Wildman–Crippen LogP) is 0.000900. The zero-order valence-electron chi connectivity index (χ0n) is 8.92. The van der Waals surface area contributed by atoms with Crippen LogP contribution in [0.5, 0.6) is 0 Å². The van der Waals surface area contributed by atoms with Crippen LogP contribution in [0.3, 0.4) is 0 Å². The number of hydrogen-bond donors (Lipinski definition) is 3. The minimum atomic E-state index is -0.445. The van der Waals surface area contributed by atoms with Crippen LogP contribution in [0, 0.1) is 5.92 Å². The van der Waals surface area contributed by atoms with E-state index in [4.69, 9.17) is 10.8 Å². The Labute approximate surface area is 84.9 Å². The van der Waals surface area contributed by atoms with Gasteiger partial charge in [-0.25, -0.2) is 0 Å². The molecule has 0 radical (unpaired) electrons. The molecule has 0 heterocycles. The fourth-order valence-corrected chi connectivity index (χ4v) is 1.44. The number of hydrogen-bond acceptors (Lipinski definition) is 3. The van der Waals surface area contributed by atoms with Crippen LogP contribution in [-0.2, 0) is 4.79 Å². The number of aliphatic hydroxyl groups excluding tert-OH is 1. The van der Waals surface area contributed by atoms with Crippen molar-refractivity contribution in [2.45, 2.75) is 44.7 Å². The third-order valence-electron chi connectivity index (χ3n) is 2.61. The maximum absolute atomic E-state index is 11.5. The first-order valence-electron chi connectivity index (χ1n) is 5.17. The van der Waals surface area contributed by atoms with Crippen molar-refractivity contribution in [1.82, 2.24) is 5.32 Å². The summed E-state index contributed by atoms with van der Waals surface area (Å²) in [4.78, 5) is 11.5. The molecule has 82 valence electrons. The zero-order valence-corrected chi connectivity index (χ0v) is 8.92. The van der Waals surface area contributed by atoms with Crippen molar-refractivity contribution in [3.05, 3.63) is 0 Å². The van der Waals surface area contributed by atoms with Crippen LogP contribution in [-0.4, -0.2) is 29.2 Å². The van der Waals surface area contributed by atoms with Gasteiger partial charge in [-0.05, 0) is 25.2 Å². The van der Waals surface area contributed by atoms with E-state index in [1.807, 2.05) is 13.8 Å². The number of nitrogens with two attached hydrogens (primary N) is 1. The molecule has 1 saturated carbocycles. The van der Waals surface area contributed by atoms with E-state index in [1.165, 1.54) is 0 Å². The molecular formula is C10H20N2O2. The van der Waals surface area contributed by atoms with E-state index in [0.29, 0.717) is 12.3 Å². The monoisotopic (exact) mass is 200 g/mol. The van der Waals surface area contributed by atoms with Crippen molar-refractivity contribution in [3.63, 3.8) is 0 Å². The predicted molar refractivity (Wildman–Crippen MR) is 54.6 cm³/mol. The molecule has 0 aliphatic heterocycles. The fraction of sp³-hybridized carbons (Fsp3) is 0.900. The first-order chi connectivity index (χ1) is 6.49. The molecule has 0 bridgehead atoms. The summed E-state index contributed by atoms with van der Waals surface area (Å²) in [5, 5.41) is 11.8. The van der Waals surface area contributed by atoms with Crippen LogP contribution in [0.15, 0.2) is 0 Å². The van der Waals surface area contributed by atoms with Crippen molar-refractivity contribution in [2.75, 3.05) is 6.61 Å². The van der Waals surface area contributed by atoms with E-state index in [0.717, 1.165) is 12.8 Å². The lowest BCUT2D eigenvalue weighted by Gasteiger charge is -2.19. The topological polar surface area (TPSA) is 75.4 Å². The van der Waals surface area contributed by atoms with Gasteiger partial charge in [0.1, 0.15) is 0 Å². The molecule has 1 fully saturated rings. The summed E-state index contributed by atoms with van der Waals surface area (Å²) in [5.74, 6) is 0.283. The molecule has 1 rings (SSSR count). The van der Waals surface area contributed by atoms with Crippen LogP contribution in [0.4, 0.5) is 0 Å². The van der Waals surface area contributed by atoms with Gasteiger partial charge in [0.15, 0.2) is 0 Å². The second-order valence-corrected chi connectivity index (χ2v) is 4.66. The van der Waals surface area contributed by atoms with Gasteiger partial charge in [0.25, 0.3) is 0 Å². The lowest BCUT2D eigenvalue weighted by molar-refractivity contribution is -0.124. The van der Waals surface area contributed by atoms with E-state index < -0.39 is 6.04 Å². The number of carbonyl (C=O) groups is 1. The van der Waals surface area contributed by atoms with Gasteiger partial charge in [-0.1, -0.05) is 13.8 Å². The number of nitrogens with one attached hydrogen (secondary N) is 1. The molecule has 1 atom stereocenters. The normalized spacial score (nSPS) is 20.6. The Morgan fingerprint density at radius 1 is 1.57 bits per heavy atom. The second kappa shape index (κ2) is 4.28. The van der Waals surface area contributed by atoms with Crippen LogP contribution in [0.1, 0.15) is 33.1 Å². The molecule has 0 aromatic rings. The summed E-state index contributed by atoms with van der Waals surface area (Å²) in [6.45, 7) is 4.09. The third kappa shape index (κ3) is 2.96. The van der Waals surface area contributed by atoms with Gasteiger partial charge < -0.3 is 16.2 Å². The van der Waals surface area contributed by atoms with E-state index in [2.05, 4.69) is 5.32 Å². The Hall–Kier alpha value is -0.610. The summed E-state index contributed by atoms with van der Waals surface area (Å²) in [7, 11) is 0. The first-order valence-corrected chi connectivity index (χ1v) is 5.17. The van der Waals surface area contributed by atoms with Gasteiger partial charge in [-0.15, -0.1) is 0 Å². The summed E-state index contributed by atoms with van der Waals surface area (Å²) in [5.41, 5.74) is 5.37. The molecule has 1 aliphatic rings. The van der Waals surface area contributed by atoms with Crippen LogP contribution < -0.4 is 11.1 Å². The molecular weight excluding hydrogens is 180 g/mol. The molecule has 4 nitrogen and oxygen atoms in total. The van der Waals surface area contributed by atoms with Crippen LogP contribution >= 0.6 is 0 Å². The Balaban J connectivity index is 2.34. The Morgan fingerprint density at radius 2 is 2.14 bits per heavy atom. The lowest BCUT2D eigenvalue weighted by Crippen LogP contribution is -2.48. The maximum Gasteiger partial charge on any atom is 0.237 e. The maximum atomic E-state index is 11.5. The summed E-state index contributed by atoms with van der Waals surface area (Å²) in [6, 6.07) is -0.445. The third-order valence-corrected chi connectivity index (χ3v) is 2.61. The van der Waals surface area contributed by atoms with Crippen molar-refractivity contribution < 1.29 is 9.90 Å². The van der Waals surface area contributed by atoms with Gasteiger partial charge in [0.05, 0.1) is 18.2 Å². The fourth-order valence-electron chi connectivity index (χ4n) is 1.44. The van der Waals surface area contributed by atoms with E-state index in [9.17, 15) is 4.79 Å². The van der Waals surface area contributed by atoms with E-state index in [-0.39, 0.29) is 18.1 Å². The van der Waals surface area contributed by atoms with Crippen molar-refractivity contribution >= 4 is 5.91 Å². The average Bonchev–Trinajstić information content (AvgIpc) is 2.84. The standard InChI is InChI=1S/C10H20N2O2/c1-7(2)5-8(11)9(14)12-10(6-13)3-4-10/h7-8,13H,3-6,11H2,1-2H3,(H,12,14). The van der Waals surface area contributed by atoms with Crippen LogP contribution in [0.25, 0.3) is 0 Å². The first kappa shape index (κ1) is 11.5. The minimum Gasteiger partial charge on any atom is -0.394 e. The highest BCUT2D eigenvalue weighted by atomic mass is 16.3. The van der Waals surface area contributed by atoms with Gasteiger partial charge in [-0.2, -0.15) is 0 Å². The SMILES string of the molecule is CC(C)CC(N)C(=O)NC1(CO)CC1. The van der Waals surface area contributed by atoms with Crippen molar-refractivity contribution in [2.24, 2.45) is 11.7 Å². The molecule has 1 aliphatic carbocycles. The molecule has 1 unspecified atom stereocenters. The number of rotatable bonds is 5. The lowest BCUT2D eigenvalue weighted by atomic mass is 10.0. The average molecular weight is 200 g/mol. The van der Waals surface area contributed by atoms with E-state index in [1.54, 1.807) is 0 Å². The van der Waals surface area contributed by atoms with E-state index >= 15 is 0 Å². The zero-order chi connectivity index (χ0) is 10.8. The van der Waals surface area contributed by atoms with Gasteiger partial charge in [0, 0.05) is 0 Å². The van der Waals surface area contributed by atoms with Crippen LogP contribution in [0.2, 0.25) is 0 Å². The highest BCUT2D eigenvalue weighted by Crippen LogP contribution is 2.34. The Bertz CT molecular complexity index is 212. The summed E-state index contributed by atoms with van der Waals surface area (Å²) < 4.78 is 0. The molecule has 0 saturated heterocycles. The Kier molecular flexibility index (Phi) is 3.50. The molecule has 4 heteroatoms. The molecule has 14 heavy (non-hydrogen) atoms. The highest BCUT2D eigenvalue weighted by molar-refractivity contribution is 5.82. The van der Waals surface area contributed by atoms with Gasteiger partial charge >= 0.3 is 0 Å². The number of carbonyl (C=O) groups excluding carboxylic acids is 1. The molecule has 0 aromatic carbocycles. The van der Waals surface area contributed by atoms with Gasteiger partial charge in [0.2, 0.25) is 5.91 Å². The molecule has 0 aromatic heterocycles. The summed E-state index contributed by atoms with van der Waals surface area (Å²) in [6.07, 6.45) is 2.42. The summed E-state index contributed by atoms with van der Waals surface area (Å²) >= 11 is 0. The number of amides is 1. The molecule has 4 N–H and O–H groups in total. The van der Waals surface area contributed by atoms with Crippen molar-refractivity contribution in [3.8, 4) is 0 Å². The van der Waals surface area contributed by atoms with Gasteiger partial charge in [-0.3, -0.25) is 4.79 Å². The second-order valence-electron chi connectivity index (χ2n) is 4.66. The largest absolute Gasteiger partial charge is 0.394 e. The smallest absolute Gasteiger partial charge is 0.237 e. The molecule has 0 spiro atoms. The Morgan fingerprint density at radius 3 is 2.50 bits per heavy atom.